The van der Waals surface area contributed by atoms with Crippen LogP contribution in [-0.4, -0.2) is 17.4 Å². The minimum Gasteiger partial charge on any atom is -0.493 e. The molecule has 2 aromatic rings. The Morgan fingerprint density at radius 2 is 2.04 bits per heavy atom. The van der Waals surface area contributed by atoms with Crippen molar-refractivity contribution in [2.24, 2.45) is 0 Å². The Bertz CT molecular complexity index is 784. The van der Waals surface area contributed by atoms with Gasteiger partial charge in [0.25, 0.3) is 5.69 Å². The molecular weight excluding hydrogens is 308 g/mol. The Morgan fingerprint density at radius 1 is 1.29 bits per heavy atom. The Hall–Kier alpha value is -3.15. The third kappa shape index (κ3) is 4.42. The van der Waals surface area contributed by atoms with Crippen molar-refractivity contribution < 1.29 is 14.5 Å². The van der Waals surface area contributed by atoms with Gasteiger partial charge in [-0.3, -0.25) is 14.9 Å². The first kappa shape index (κ1) is 17.2. The first-order valence-electron chi connectivity index (χ1n) is 7.47. The van der Waals surface area contributed by atoms with E-state index in [9.17, 15) is 14.9 Å². The summed E-state index contributed by atoms with van der Waals surface area (Å²) >= 11 is 0. The van der Waals surface area contributed by atoms with Crippen LogP contribution in [0.5, 0.6) is 5.75 Å². The van der Waals surface area contributed by atoms with Crippen molar-refractivity contribution in [1.29, 1.82) is 0 Å². The zero-order valence-corrected chi connectivity index (χ0v) is 13.5. The minimum atomic E-state index is -0.497. The lowest BCUT2D eigenvalue weighted by molar-refractivity contribution is -0.384. The van der Waals surface area contributed by atoms with Gasteiger partial charge in [0.05, 0.1) is 17.2 Å². The van der Waals surface area contributed by atoms with Crippen molar-refractivity contribution in [3.63, 3.8) is 0 Å². The fourth-order valence-corrected chi connectivity index (χ4v) is 2.10. The van der Waals surface area contributed by atoms with Crippen molar-refractivity contribution in [1.82, 2.24) is 0 Å². The summed E-state index contributed by atoms with van der Waals surface area (Å²) in [5.41, 5.74) is 1.88. The second-order valence-electron chi connectivity index (χ2n) is 5.05. The summed E-state index contributed by atoms with van der Waals surface area (Å²) in [5, 5.41) is 13.5. The molecule has 0 unspecified atom stereocenters. The van der Waals surface area contributed by atoms with E-state index in [4.69, 9.17) is 4.74 Å². The molecule has 0 atom stereocenters. The smallest absolute Gasteiger partial charge is 0.271 e. The molecule has 0 saturated heterocycles. The fraction of sp³-hybridized carbons (Fsp3) is 0.167. The SMILES string of the molecule is CCOc1ccccc1C=CC(=O)Nc1cc([N+](=O)[O-])ccc1C. The molecule has 6 heteroatoms. The predicted octanol–water partition coefficient (Wildman–Crippen LogP) is 3.95. The van der Waals surface area contributed by atoms with Crippen LogP contribution in [0.1, 0.15) is 18.1 Å². The molecule has 0 heterocycles. The van der Waals surface area contributed by atoms with E-state index in [-0.39, 0.29) is 11.6 Å². The van der Waals surface area contributed by atoms with Crippen LogP contribution in [-0.2, 0) is 4.79 Å². The van der Waals surface area contributed by atoms with E-state index in [1.165, 1.54) is 18.2 Å². The van der Waals surface area contributed by atoms with Gasteiger partial charge in [-0.05, 0) is 31.6 Å². The Morgan fingerprint density at radius 3 is 2.75 bits per heavy atom. The van der Waals surface area contributed by atoms with Crippen LogP contribution in [0, 0.1) is 17.0 Å². The monoisotopic (exact) mass is 326 g/mol. The second-order valence-corrected chi connectivity index (χ2v) is 5.05. The van der Waals surface area contributed by atoms with Gasteiger partial charge in [-0.15, -0.1) is 0 Å². The van der Waals surface area contributed by atoms with E-state index in [0.29, 0.717) is 18.0 Å². The summed E-state index contributed by atoms with van der Waals surface area (Å²) in [6, 6.07) is 11.7. The van der Waals surface area contributed by atoms with Crippen molar-refractivity contribution in [2.75, 3.05) is 11.9 Å². The molecule has 0 fully saturated rings. The number of para-hydroxylation sites is 1. The molecule has 0 saturated carbocycles. The topological polar surface area (TPSA) is 81.5 Å². The number of rotatable bonds is 6. The fourth-order valence-electron chi connectivity index (χ4n) is 2.10. The van der Waals surface area contributed by atoms with Crippen LogP contribution in [0.2, 0.25) is 0 Å². The van der Waals surface area contributed by atoms with Gasteiger partial charge in [0, 0.05) is 23.8 Å². The molecule has 0 radical (unpaired) electrons. The number of hydrogen-bond acceptors (Lipinski definition) is 4. The second kappa shape index (κ2) is 7.92. The molecule has 0 aromatic heterocycles. The lowest BCUT2D eigenvalue weighted by Crippen LogP contribution is -2.09. The van der Waals surface area contributed by atoms with Crippen LogP contribution in [0.3, 0.4) is 0 Å². The first-order valence-corrected chi connectivity index (χ1v) is 7.47. The minimum absolute atomic E-state index is 0.0680. The molecule has 6 nitrogen and oxygen atoms in total. The van der Waals surface area contributed by atoms with Gasteiger partial charge in [-0.1, -0.05) is 24.3 Å². The quantitative estimate of drug-likeness (QED) is 0.495. The number of anilines is 1. The number of carbonyl (C=O) groups excluding carboxylic acids is 1. The Kier molecular flexibility index (Phi) is 5.68. The summed E-state index contributed by atoms with van der Waals surface area (Å²) < 4.78 is 5.49. The number of nitrogens with one attached hydrogen (secondary N) is 1. The van der Waals surface area contributed by atoms with Gasteiger partial charge in [0.2, 0.25) is 5.91 Å². The number of nitrogens with zero attached hydrogens (tertiary/aromatic N) is 1. The van der Waals surface area contributed by atoms with Gasteiger partial charge in [-0.25, -0.2) is 0 Å². The number of hydrogen-bond donors (Lipinski definition) is 1. The summed E-state index contributed by atoms with van der Waals surface area (Å²) in [6.45, 7) is 4.19. The maximum atomic E-state index is 12.1. The van der Waals surface area contributed by atoms with Crippen molar-refractivity contribution in [3.8, 4) is 5.75 Å². The lowest BCUT2D eigenvalue weighted by Gasteiger charge is -2.07. The van der Waals surface area contributed by atoms with Crippen LogP contribution in [0.25, 0.3) is 6.08 Å². The molecule has 1 amide bonds. The zero-order valence-electron chi connectivity index (χ0n) is 13.5. The lowest BCUT2D eigenvalue weighted by atomic mass is 10.1. The Balaban J connectivity index is 2.14. The summed E-state index contributed by atoms with van der Waals surface area (Å²) in [4.78, 5) is 22.4. The molecule has 124 valence electrons. The van der Waals surface area contributed by atoms with E-state index in [2.05, 4.69) is 5.32 Å². The molecule has 24 heavy (non-hydrogen) atoms. The number of nitro benzene ring substituents is 1. The van der Waals surface area contributed by atoms with Crippen LogP contribution >= 0.6 is 0 Å². The van der Waals surface area contributed by atoms with Crippen molar-refractivity contribution in [2.45, 2.75) is 13.8 Å². The number of benzene rings is 2. The number of amides is 1. The zero-order chi connectivity index (χ0) is 17.5. The molecule has 0 bridgehead atoms. The standard InChI is InChI=1S/C18H18N2O4/c1-3-24-17-7-5-4-6-14(17)9-11-18(21)19-16-12-15(20(22)23)10-8-13(16)2/h4-12H,3H2,1-2H3,(H,19,21). The van der Waals surface area contributed by atoms with Gasteiger partial charge in [0.15, 0.2) is 0 Å². The Labute approximate surface area is 139 Å². The summed E-state index contributed by atoms with van der Waals surface area (Å²) in [7, 11) is 0. The highest BCUT2D eigenvalue weighted by atomic mass is 16.6. The molecule has 1 N–H and O–H groups in total. The molecule has 2 aromatic carbocycles. The molecular formula is C18H18N2O4. The predicted molar refractivity (Wildman–Crippen MR) is 93.1 cm³/mol. The molecule has 0 aliphatic carbocycles. The van der Waals surface area contributed by atoms with Gasteiger partial charge >= 0.3 is 0 Å². The highest BCUT2D eigenvalue weighted by Crippen LogP contribution is 2.22. The third-order valence-electron chi connectivity index (χ3n) is 3.32. The molecule has 0 aliphatic heterocycles. The maximum Gasteiger partial charge on any atom is 0.271 e. The van der Waals surface area contributed by atoms with Gasteiger partial charge in [0.1, 0.15) is 5.75 Å². The normalized spacial score (nSPS) is 10.6. The highest BCUT2D eigenvalue weighted by Gasteiger charge is 2.10. The third-order valence-corrected chi connectivity index (χ3v) is 3.32. The van der Waals surface area contributed by atoms with E-state index >= 15 is 0 Å². The molecule has 0 spiro atoms. The van der Waals surface area contributed by atoms with Gasteiger partial charge < -0.3 is 10.1 Å². The average Bonchev–Trinajstić information content (AvgIpc) is 2.56. The van der Waals surface area contributed by atoms with Gasteiger partial charge in [-0.2, -0.15) is 0 Å². The summed E-state index contributed by atoms with van der Waals surface area (Å²) in [6.07, 6.45) is 3.02. The van der Waals surface area contributed by atoms with Crippen LogP contribution in [0.4, 0.5) is 11.4 Å². The molecule has 2 rings (SSSR count). The van der Waals surface area contributed by atoms with Crippen molar-refractivity contribution >= 4 is 23.4 Å². The van der Waals surface area contributed by atoms with Crippen molar-refractivity contribution in [3.05, 3.63) is 69.8 Å². The van der Waals surface area contributed by atoms with Crippen LogP contribution < -0.4 is 10.1 Å². The average molecular weight is 326 g/mol. The largest absolute Gasteiger partial charge is 0.493 e. The number of aryl methyl sites for hydroxylation is 1. The first-order chi connectivity index (χ1) is 11.5. The number of nitro groups is 1. The number of carbonyl (C=O) groups is 1. The van der Waals surface area contributed by atoms with Crippen LogP contribution in [0.15, 0.2) is 48.5 Å². The number of ether oxygens (including phenoxy) is 1. The maximum absolute atomic E-state index is 12.1. The van der Waals surface area contributed by atoms with E-state index in [0.717, 1.165) is 11.1 Å². The van der Waals surface area contributed by atoms with E-state index in [1.807, 2.05) is 31.2 Å². The van der Waals surface area contributed by atoms with E-state index in [1.54, 1.807) is 19.1 Å². The molecule has 0 aliphatic rings. The van der Waals surface area contributed by atoms with E-state index < -0.39 is 4.92 Å². The highest BCUT2D eigenvalue weighted by molar-refractivity contribution is 6.02. The number of non-ortho nitro benzene ring substituents is 1. The summed E-state index contributed by atoms with van der Waals surface area (Å²) in [5.74, 6) is 0.320.